The number of carbonyl (C=O) groups is 2. The molecular formula is C24H30N2O2S. The maximum absolute atomic E-state index is 13.1. The number of aryl methyl sites for hydroxylation is 1. The van der Waals surface area contributed by atoms with Gasteiger partial charge in [-0.2, -0.15) is 0 Å². The van der Waals surface area contributed by atoms with Crippen LogP contribution in [0.4, 0.5) is 0 Å². The molecule has 0 radical (unpaired) electrons. The van der Waals surface area contributed by atoms with Crippen LogP contribution >= 0.6 is 11.8 Å². The van der Waals surface area contributed by atoms with Crippen molar-refractivity contribution in [2.75, 3.05) is 5.75 Å². The van der Waals surface area contributed by atoms with Gasteiger partial charge in [-0.15, -0.1) is 11.8 Å². The van der Waals surface area contributed by atoms with Crippen LogP contribution in [0.15, 0.2) is 59.5 Å². The highest BCUT2D eigenvalue weighted by atomic mass is 32.2. The van der Waals surface area contributed by atoms with Crippen molar-refractivity contribution >= 4 is 23.6 Å². The Morgan fingerprint density at radius 2 is 1.72 bits per heavy atom. The molecule has 0 bridgehead atoms. The van der Waals surface area contributed by atoms with E-state index in [-0.39, 0.29) is 17.9 Å². The Balaban J connectivity index is 1.67. The summed E-state index contributed by atoms with van der Waals surface area (Å²) < 4.78 is 0. The van der Waals surface area contributed by atoms with Crippen molar-refractivity contribution in [1.29, 1.82) is 0 Å². The number of benzene rings is 2. The first-order valence-corrected chi connectivity index (χ1v) is 11.3. The van der Waals surface area contributed by atoms with E-state index >= 15 is 0 Å². The molecule has 0 saturated heterocycles. The van der Waals surface area contributed by atoms with Gasteiger partial charge in [-0.3, -0.25) is 9.59 Å². The van der Waals surface area contributed by atoms with Gasteiger partial charge < -0.3 is 10.2 Å². The zero-order chi connectivity index (χ0) is 20.6. The Labute approximate surface area is 178 Å². The van der Waals surface area contributed by atoms with Gasteiger partial charge in [0, 0.05) is 17.5 Å². The fourth-order valence-corrected chi connectivity index (χ4v) is 4.40. The molecule has 5 heteroatoms. The van der Waals surface area contributed by atoms with E-state index in [1.165, 1.54) is 30.2 Å². The number of nitrogens with one attached hydrogen (secondary N) is 1. The average Bonchev–Trinajstić information content (AvgIpc) is 3.24. The van der Waals surface area contributed by atoms with Gasteiger partial charge >= 0.3 is 0 Å². The number of rotatable bonds is 8. The molecular weight excluding hydrogens is 380 g/mol. The van der Waals surface area contributed by atoms with E-state index in [1.807, 2.05) is 68.4 Å². The molecule has 2 amide bonds. The highest BCUT2D eigenvalue weighted by Gasteiger charge is 2.28. The molecule has 0 unspecified atom stereocenters. The number of nitrogens with zero attached hydrogens (tertiary/aromatic N) is 1. The standard InChI is InChI=1S/C24H30N2O2S/c1-18-12-14-22(15-13-18)29-17-23(27)26(16-20-8-4-3-5-9-20)19(2)24(28)25-21-10-6-7-11-21/h3-5,8-9,12-15,19,21H,6-7,10-11,16-17H2,1-2H3,(H,25,28)/t19-/m0/s1. The van der Waals surface area contributed by atoms with E-state index in [9.17, 15) is 9.59 Å². The Bertz CT molecular complexity index is 801. The third kappa shape index (κ3) is 6.36. The van der Waals surface area contributed by atoms with Crippen molar-refractivity contribution in [3.63, 3.8) is 0 Å². The summed E-state index contributed by atoms with van der Waals surface area (Å²) in [6.07, 6.45) is 4.40. The maximum Gasteiger partial charge on any atom is 0.242 e. The van der Waals surface area contributed by atoms with Crippen LogP contribution in [0.5, 0.6) is 0 Å². The topological polar surface area (TPSA) is 49.4 Å². The lowest BCUT2D eigenvalue weighted by Gasteiger charge is -2.29. The van der Waals surface area contributed by atoms with Crippen LogP contribution in [0.1, 0.15) is 43.7 Å². The highest BCUT2D eigenvalue weighted by molar-refractivity contribution is 8.00. The second kappa shape index (κ2) is 10.5. The summed E-state index contributed by atoms with van der Waals surface area (Å²) in [6.45, 7) is 4.32. The smallest absolute Gasteiger partial charge is 0.242 e. The number of amides is 2. The molecule has 1 aliphatic carbocycles. The molecule has 1 atom stereocenters. The Hall–Kier alpha value is -2.27. The molecule has 2 aromatic rings. The first-order chi connectivity index (χ1) is 14.0. The van der Waals surface area contributed by atoms with Crippen molar-refractivity contribution in [2.24, 2.45) is 0 Å². The molecule has 0 heterocycles. The average molecular weight is 411 g/mol. The van der Waals surface area contributed by atoms with Gasteiger partial charge in [0.05, 0.1) is 5.75 Å². The molecule has 0 aromatic heterocycles. The largest absolute Gasteiger partial charge is 0.352 e. The summed E-state index contributed by atoms with van der Waals surface area (Å²) in [4.78, 5) is 28.7. The van der Waals surface area contributed by atoms with Crippen LogP contribution in [0.25, 0.3) is 0 Å². The van der Waals surface area contributed by atoms with Crippen molar-refractivity contribution in [2.45, 2.75) is 63.1 Å². The third-order valence-corrected chi connectivity index (χ3v) is 6.44. The molecule has 1 saturated carbocycles. The zero-order valence-corrected chi connectivity index (χ0v) is 18.1. The van der Waals surface area contributed by atoms with Gasteiger partial charge in [-0.25, -0.2) is 0 Å². The Morgan fingerprint density at radius 1 is 1.07 bits per heavy atom. The minimum Gasteiger partial charge on any atom is -0.352 e. The van der Waals surface area contributed by atoms with Gasteiger partial charge in [0.1, 0.15) is 6.04 Å². The van der Waals surface area contributed by atoms with Crippen LogP contribution in [-0.4, -0.2) is 34.6 Å². The Kier molecular flexibility index (Phi) is 7.76. The van der Waals surface area contributed by atoms with E-state index in [0.717, 1.165) is 23.3 Å². The van der Waals surface area contributed by atoms with E-state index < -0.39 is 6.04 Å². The van der Waals surface area contributed by atoms with Crippen LogP contribution in [0.3, 0.4) is 0 Å². The molecule has 1 N–H and O–H groups in total. The van der Waals surface area contributed by atoms with Crippen LogP contribution in [0, 0.1) is 6.92 Å². The molecule has 154 valence electrons. The van der Waals surface area contributed by atoms with Crippen molar-refractivity contribution in [3.8, 4) is 0 Å². The van der Waals surface area contributed by atoms with Gasteiger partial charge in [0.15, 0.2) is 0 Å². The second-order valence-corrected chi connectivity index (χ2v) is 8.82. The molecule has 4 nitrogen and oxygen atoms in total. The number of carbonyl (C=O) groups excluding carboxylic acids is 2. The number of hydrogen-bond acceptors (Lipinski definition) is 3. The quantitative estimate of drug-likeness (QED) is 0.649. The van der Waals surface area contributed by atoms with Crippen LogP contribution in [0.2, 0.25) is 0 Å². The lowest BCUT2D eigenvalue weighted by Crippen LogP contribution is -2.50. The maximum atomic E-state index is 13.1. The monoisotopic (exact) mass is 410 g/mol. The lowest BCUT2D eigenvalue weighted by atomic mass is 10.1. The fraction of sp³-hybridized carbons (Fsp3) is 0.417. The zero-order valence-electron chi connectivity index (χ0n) is 17.3. The SMILES string of the molecule is Cc1ccc(SCC(=O)N(Cc2ccccc2)[C@@H](C)C(=O)NC2CCCC2)cc1. The molecule has 1 aliphatic rings. The molecule has 3 rings (SSSR count). The van der Waals surface area contributed by atoms with E-state index in [1.54, 1.807) is 4.90 Å². The van der Waals surface area contributed by atoms with Crippen molar-refractivity contribution in [1.82, 2.24) is 10.2 Å². The summed E-state index contributed by atoms with van der Waals surface area (Å²) >= 11 is 1.52. The molecule has 0 spiro atoms. The van der Waals surface area contributed by atoms with E-state index in [4.69, 9.17) is 0 Å². The summed E-state index contributed by atoms with van der Waals surface area (Å²) in [5.41, 5.74) is 2.23. The van der Waals surface area contributed by atoms with Gasteiger partial charge in [-0.05, 0) is 44.4 Å². The van der Waals surface area contributed by atoms with Crippen LogP contribution in [-0.2, 0) is 16.1 Å². The number of thioether (sulfide) groups is 1. The third-order valence-electron chi connectivity index (χ3n) is 5.45. The Morgan fingerprint density at radius 3 is 2.38 bits per heavy atom. The van der Waals surface area contributed by atoms with Gasteiger partial charge in [-0.1, -0.05) is 60.9 Å². The van der Waals surface area contributed by atoms with E-state index in [2.05, 4.69) is 5.32 Å². The first kappa shape index (κ1) is 21.4. The summed E-state index contributed by atoms with van der Waals surface area (Å²) in [5, 5.41) is 3.14. The summed E-state index contributed by atoms with van der Waals surface area (Å²) in [7, 11) is 0. The highest BCUT2D eigenvalue weighted by Crippen LogP contribution is 2.21. The predicted molar refractivity (Wildman–Crippen MR) is 119 cm³/mol. The normalized spacial score (nSPS) is 15.1. The van der Waals surface area contributed by atoms with Gasteiger partial charge in [0.2, 0.25) is 11.8 Å². The minimum atomic E-state index is -0.498. The summed E-state index contributed by atoms with van der Waals surface area (Å²) in [6, 6.07) is 17.8. The van der Waals surface area contributed by atoms with Crippen LogP contribution < -0.4 is 5.32 Å². The molecule has 29 heavy (non-hydrogen) atoms. The molecule has 1 fully saturated rings. The second-order valence-electron chi connectivity index (χ2n) is 7.77. The number of hydrogen-bond donors (Lipinski definition) is 1. The molecule has 2 aromatic carbocycles. The lowest BCUT2D eigenvalue weighted by molar-refractivity contribution is -0.138. The minimum absolute atomic E-state index is 0.0199. The fourth-order valence-electron chi connectivity index (χ4n) is 3.62. The van der Waals surface area contributed by atoms with Crippen molar-refractivity contribution in [3.05, 3.63) is 65.7 Å². The van der Waals surface area contributed by atoms with Crippen molar-refractivity contribution < 1.29 is 9.59 Å². The first-order valence-electron chi connectivity index (χ1n) is 10.4. The molecule has 0 aliphatic heterocycles. The van der Waals surface area contributed by atoms with E-state index in [0.29, 0.717) is 12.3 Å². The predicted octanol–water partition coefficient (Wildman–Crippen LogP) is 4.56. The summed E-state index contributed by atoms with van der Waals surface area (Å²) in [5.74, 6) is 0.242. The van der Waals surface area contributed by atoms with Gasteiger partial charge in [0.25, 0.3) is 0 Å².